The number of carbonyl (C=O) groups excluding carboxylic acids is 3. The van der Waals surface area contributed by atoms with Crippen LogP contribution in [0.15, 0.2) is 35.5 Å². The number of hydrogen-bond donors (Lipinski definition) is 3. The van der Waals surface area contributed by atoms with Crippen molar-refractivity contribution in [3.8, 4) is 0 Å². The third kappa shape index (κ3) is 62.3. The van der Waals surface area contributed by atoms with Crippen LogP contribution in [0.2, 0.25) is 0 Å². The first-order valence-electron chi connectivity index (χ1n) is 6.02. The molecule has 0 aromatic heterocycles. The molecule has 0 aliphatic carbocycles. The monoisotopic (exact) mass is 471 g/mol. The Balaban J connectivity index is -0.0000000675. The van der Waals surface area contributed by atoms with E-state index in [-0.39, 0.29) is 89.5 Å². The summed E-state index contributed by atoms with van der Waals surface area (Å²) in [6, 6.07) is 0. The van der Waals surface area contributed by atoms with Crippen molar-refractivity contribution in [1.29, 1.82) is 0 Å². The van der Waals surface area contributed by atoms with Crippen LogP contribution in [0.25, 0.3) is 0 Å². The van der Waals surface area contributed by atoms with Crippen LogP contribution in [0, 0.1) is 49.4 Å². The van der Waals surface area contributed by atoms with Crippen LogP contribution in [0.3, 0.4) is 0 Å². The first kappa shape index (κ1) is 33.7. The fourth-order valence-corrected chi connectivity index (χ4v) is 0.882. The second-order valence-electron chi connectivity index (χ2n) is 4.19. The zero-order valence-electron chi connectivity index (χ0n) is 14.2. The molecule has 0 atom stereocenters. The van der Waals surface area contributed by atoms with Gasteiger partial charge in [0.25, 0.3) is 0 Å². The van der Waals surface area contributed by atoms with Crippen molar-refractivity contribution < 1.29 is 84.6 Å². The second-order valence-corrected chi connectivity index (χ2v) is 4.19. The number of allylic oxidation sites excluding steroid dienone is 6. The molecule has 0 rings (SSSR count). The molecular weight excluding hydrogens is 444 g/mol. The molecule has 0 saturated carbocycles. The van der Waals surface area contributed by atoms with Crippen molar-refractivity contribution in [2.75, 3.05) is 0 Å². The first-order chi connectivity index (χ1) is 9.38. The van der Waals surface area contributed by atoms with Crippen molar-refractivity contribution in [1.82, 2.24) is 0 Å². The average Bonchev–Trinajstić information content (AvgIpc) is 2.10. The largest absolute Gasteiger partial charge is 0.512 e. The zero-order valence-corrected chi connectivity index (χ0v) is 16.6. The maximum Gasteiger partial charge on any atom is 0.155 e. The predicted molar refractivity (Wildman–Crippen MR) is 84.8 cm³/mol. The number of carbonyl (C=O) groups is 3. The predicted octanol–water partition coefficient (Wildman–Crippen LogP) is 2.29. The minimum absolute atomic E-state index is 0. The van der Waals surface area contributed by atoms with Crippen LogP contribution >= 0.6 is 0 Å². The molecule has 1 radical (unpaired) electrons. The molecule has 0 aromatic carbocycles. The Bertz CT molecular complexity index is 370. The Kier molecular flexibility index (Phi) is 31.0. The Morgan fingerprint density at radius 2 is 0.696 bits per heavy atom. The maximum atomic E-state index is 10.0. The van der Waals surface area contributed by atoms with Gasteiger partial charge in [-0.05, 0) is 41.5 Å². The van der Waals surface area contributed by atoms with E-state index in [2.05, 4.69) is 0 Å². The summed E-state index contributed by atoms with van der Waals surface area (Å²) in [5.74, 6) is -0.187. The second kappa shape index (κ2) is 21.2. The van der Waals surface area contributed by atoms with E-state index >= 15 is 0 Å². The van der Waals surface area contributed by atoms with E-state index < -0.39 is 0 Å². The maximum absolute atomic E-state index is 10.0. The molecule has 0 spiro atoms. The molecule has 0 aromatic rings. The molecule has 8 heteroatoms. The average molecular weight is 470 g/mol. The van der Waals surface area contributed by atoms with Crippen molar-refractivity contribution in [2.24, 2.45) is 0 Å². The summed E-state index contributed by atoms with van der Waals surface area (Å²) in [6.07, 6.45) is 3.50. The van der Waals surface area contributed by atoms with Gasteiger partial charge in [-0.2, -0.15) is 0 Å². The molecule has 0 saturated heterocycles. The summed E-state index contributed by atoms with van der Waals surface area (Å²) in [6.45, 7) is 8.54. The van der Waals surface area contributed by atoms with E-state index in [0.717, 1.165) is 0 Å². The standard InChI is InChI=1S/3C5H8O2.Eu.H2O/c3*1-4(6)3-5(2)7;;/h3*3,6H,1-2H3;;1H2. The van der Waals surface area contributed by atoms with Gasteiger partial charge in [-0.3, -0.25) is 14.4 Å². The van der Waals surface area contributed by atoms with Gasteiger partial charge in [0.2, 0.25) is 0 Å². The summed E-state index contributed by atoms with van der Waals surface area (Å²) >= 11 is 0. The molecule has 0 bridgehead atoms. The fourth-order valence-electron chi connectivity index (χ4n) is 0.882. The van der Waals surface area contributed by atoms with Gasteiger partial charge in [0, 0.05) is 67.6 Å². The molecule has 135 valence electrons. The molecule has 0 fully saturated rings. The molecule has 5 N–H and O–H groups in total. The number of aliphatic hydroxyl groups excluding tert-OH is 3. The van der Waals surface area contributed by atoms with Crippen molar-refractivity contribution in [3.05, 3.63) is 35.5 Å². The van der Waals surface area contributed by atoms with E-state index in [1.807, 2.05) is 0 Å². The van der Waals surface area contributed by atoms with Crippen molar-refractivity contribution >= 4 is 17.3 Å². The molecule has 23 heavy (non-hydrogen) atoms. The summed E-state index contributed by atoms with van der Waals surface area (Å²) in [7, 11) is 0. The Labute approximate surface area is 177 Å². The van der Waals surface area contributed by atoms with Crippen LogP contribution < -0.4 is 0 Å². The van der Waals surface area contributed by atoms with Crippen LogP contribution in [-0.4, -0.2) is 38.1 Å². The quantitative estimate of drug-likeness (QED) is 0.427. The normalized spacial score (nSPS) is 10.4. The van der Waals surface area contributed by atoms with Gasteiger partial charge in [-0.15, -0.1) is 0 Å². The molecule has 0 aliphatic rings. The summed E-state index contributed by atoms with van der Waals surface area (Å²) < 4.78 is 0. The minimum Gasteiger partial charge on any atom is -0.512 e. The Morgan fingerprint density at radius 1 is 0.565 bits per heavy atom. The molecule has 0 heterocycles. The van der Waals surface area contributed by atoms with Crippen LogP contribution in [0.4, 0.5) is 0 Å². The Morgan fingerprint density at radius 3 is 0.696 bits per heavy atom. The van der Waals surface area contributed by atoms with E-state index in [1.165, 1.54) is 59.8 Å². The van der Waals surface area contributed by atoms with Crippen LogP contribution in [-0.2, 0) is 14.4 Å². The van der Waals surface area contributed by atoms with Gasteiger partial charge < -0.3 is 20.8 Å². The summed E-state index contributed by atoms with van der Waals surface area (Å²) in [5, 5.41) is 25.1. The zero-order chi connectivity index (χ0) is 17.6. The number of aliphatic hydroxyl groups is 3. The number of hydrogen-bond acceptors (Lipinski definition) is 6. The minimum atomic E-state index is -0.125. The van der Waals surface area contributed by atoms with E-state index in [0.29, 0.717) is 0 Å². The molecule has 0 aliphatic heterocycles. The van der Waals surface area contributed by atoms with E-state index in [9.17, 15) is 14.4 Å². The van der Waals surface area contributed by atoms with Gasteiger partial charge in [0.15, 0.2) is 17.3 Å². The van der Waals surface area contributed by atoms with Gasteiger partial charge in [-0.25, -0.2) is 0 Å². The third-order valence-corrected chi connectivity index (χ3v) is 1.24. The summed E-state index contributed by atoms with van der Waals surface area (Å²) in [5.41, 5.74) is 0. The topological polar surface area (TPSA) is 143 Å². The van der Waals surface area contributed by atoms with Crippen LogP contribution in [0.1, 0.15) is 41.5 Å². The number of ketones is 3. The van der Waals surface area contributed by atoms with E-state index in [4.69, 9.17) is 15.3 Å². The van der Waals surface area contributed by atoms with Gasteiger partial charge in [0.05, 0.1) is 17.3 Å². The Hall–Kier alpha value is -0.826. The fraction of sp³-hybridized carbons (Fsp3) is 0.400. The third-order valence-electron chi connectivity index (χ3n) is 1.24. The molecule has 7 nitrogen and oxygen atoms in total. The SMILES string of the molecule is CC(=O)C=C(C)O.CC(=O)C=C(C)O.CC(=O)C=C(C)O.O.[Eu]. The molecular formula is C15H26EuO7. The number of rotatable bonds is 3. The van der Waals surface area contributed by atoms with Crippen LogP contribution in [0.5, 0.6) is 0 Å². The van der Waals surface area contributed by atoms with Crippen molar-refractivity contribution in [3.63, 3.8) is 0 Å². The first-order valence-corrected chi connectivity index (χ1v) is 6.02. The van der Waals surface area contributed by atoms with Gasteiger partial charge in [-0.1, -0.05) is 0 Å². The van der Waals surface area contributed by atoms with Gasteiger partial charge in [0.1, 0.15) is 0 Å². The summed E-state index contributed by atoms with van der Waals surface area (Å²) in [4.78, 5) is 30.1. The van der Waals surface area contributed by atoms with Crippen molar-refractivity contribution in [2.45, 2.75) is 41.5 Å². The smallest absolute Gasteiger partial charge is 0.155 e. The molecule has 0 unspecified atom stereocenters. The van der Waals surface area contributed by atoms with Gasteiger partial charge >= 0.3 is 0 Å². The van der Waals surface area contributed by atoms with E-state index in [1.54, 1.807) is 0 Å². The molecule has 0 amide bonds.